The zero-order valence-electron chi connectivity index (χ0n) is 5.83. The number of furan rings is 1. The van der Waals surface area contributed by atoms with Gasteiger partial charge in [0.2, 0.25) is 0 Å². The van der Waals surface area contributed by atoms with Gasteiger partial charge in [-0.2, -0.15) is 11.3 Å². The van der Waals surface area contributed by atoms with Gasteiger partial charge in [0.05, 0.1) is 12.5 Å². The topological polar surface area (TPSA) is 13.1 Å². The molecule has 3 rings (SSSR count). The fourth-order valence-electron chi connectivity index (χ4n) is 1.60. The van der Waals surface area contributed by atoms with Gasteiger partial charge < -0.3 is 4.42 Å². The minimum Gasteiger partial charge on any atom is -0.472 e. The fourth-order valence-corrected chi connectivity index (χ4v) is 2.46. The van der Waals surface area contributed by atoms with Crippen LogP contribution in [0.5, 0.6) is 0 Å². The summed E-state index contributed by atoms with van der Waals surface area (Å²) in [5.74, 6) is 0. The van der Waals surface area contributed by atoms with Crippen molar-refractivity contribution in [3.05, 3.63) is 34.4 Å². The zero-order chi connectivity index (χ0) is 7.26. The molecule has 2 aromatic rings. The minimum atomic E-state index is 1.06. The molecular formula is C9H6OS. The lowest BCUT2D eigenvalue weighted by atomic mass is 10.2. The van der Waals surface area contributed by atoms with Crippen molar-refractivity contribution >= 4 is 11.3 Å². The predicted octanol–water partition coefficient (Wildman–Crippen LogP) is 2.91. The molecule has 2 aromatic heterocycles. The van der Waals surface area contributed by atoms with Gasteiger partial charge in [-0.15, -0.1) is 0 Å². The van der Waals surface area contributed by atoms with Crippen LogP contribution in [0.1, 0.15) is 11.1 Å². The Bertz CT molecular complexity index is 359. The van der Waals surface area contributed by atoms with E-state index in [1.807, 2.05) is 12.5 Å². The summed E-state index contributed by atoms with van der Waals surface area (Å²) in [5.41, 5.74) is 5.46. The van der Waals surface area contributed by atoms with Gasteiger partial charge in [0, 0.05) is 17.5 Å². The van der Waals surface area contributed by atoms with Gasteiger partial charge >= 0.3 is 0 Å². The molecule has 1 aliphatic carbocycles. The second-order valence-electron chi connectivity index (χ2n) is 2.80. The van der Waals surface area contributed by atoms with Gasteiger partial charge in [0.25, 0.3) is 0 Å². The van der Waals surface area contributed by atoms with Gasteiger partial charge in [-0.25, -0.2) is 0 Å². The zero-order valence-corrected chi connectivity index (χ0v) is 6.65. The monoisotopic (exact) mass is 162 g/mol. The first kappa shape index (κ1) is 5.61. The lowest BCUT2D eigenvalue weighted by Gasteiger charge is -1.84. The molecular weight excluding hydrogens is 156 g/mol. The van der Waals surface area contributed by atoms with E-state index >= 15 is 0 Å². The first-order valence-corrected chi connectivity index (χ1v) is 4.50. The van der Waals surface area contributed by atoms with Crippen LogP contribution in [0.4, 0.5) is 0 Å². The number of hydrogen-bond donors (Lipinski definition) is 0. The Balaban J connectivity index is 2.38. The SMILES string of the molecule is c1occ2c1Cc1cscc1-2. The molecule has 0 N–H and O–H groups in total. The van der Waals surface area contributed by atoms with Crippen molar-refractivity contribution in [2.75, 3.05) is 0 Å². The summed E-state index contributed by atoms with van der Waals surface area (Å²) in [6, 6.07) is 0. The van der Waals surface area contributed by atoms with E-state index in [0.717, 1.165) is 6.42 Å². The first-order chi connectivity index (χ1) is 5.45. The Kier molecular flexibility index (Phi) is 0.902. The molecule has 0 amide bonds. The highest BCUT2D eigenvalue weighted by atomic mass is 32.1. The second-order valence-corrected chi connectivity index (χ2v) is 3.54. The lowest BCUT2D eigenvalue weighted by molar-refractivity contribution is 0.564. The third kappa shape index (κ3) is 0.601. The highest BCUT2D eigenvalue weighted by Crippen LogP contribution is 2.39. The van der Waals surface area contributed by atoms with Gasteiger partial charge in [0.1, 0.15) is 0 Å². The molecule has 0 aliphatic heterocycles. The van der Waals surface area contributed by atoms with E-state index < -0.39 is 0 Å². The second kappa shape index (κ2) is 1.77. The molecule has 0 saturated heterocycles. The summed E-state index contributed by atoms with van der Waals surface area (Å²) >= 11 is 1.77. The van der Waals surface area contributed by atoms with Crippen LogP contribution in [0.2, 0.25) is 0 Å². The van der Waals surface area contributed by atoms with E-state index in [9.17, 15) is 0 Å². The Labute approximate surface area is 68.3 Å². The van der Waals surface area contributed by atoms with Gasteiger partial charge in [-0.05, 0) is 21.9 Å². The molecule has 0 unspecified atom stereocenters. The Morgan fingerprint density at radius 3 is 3.09 bits per heavy atom. The number of hydrogen-bond acceptors (Lipinski definition) is 2. The summed E-state index contributed by atoms with van der Waals surface area (Å²) in [6.45, 7) is 0. The molecule has 0 fully saturated rings. The average Bonchev–Trinajstić information content (AvgIpc) is 2.52. The van der Waals surface area contributed by atoms with Crippen LogP contribution < -0.4 is 0 Å². The van der Waals surface area contributed by atoms with Gasteiger partial charge in [0.15, 0.2) is 0 Å². The van der Waals surface area contributed by atoms with Crippen LogP contribution in [0, 0.1) is 0 Å². The van der Waals surface area contributed by atoms with Crippen LogP contribution in [0.25, 0.3) is 11.1 Å². The van der Waals surface area contributed by atoms with E-state index in [0.29, 0.717) is 0 Å². The van der Waals surface area contributed by atoms with Crippen molar-refractivity contribution in [3.63, 3.8) is 0 Å². The summed E-state index contributed by atoms with van der Waals surface area (Å²) in [7, 11) is 0. The Hall–Kier alpha value is -1.02. The smallest absolute Gasteiger partial charge is 0.0984 e. The normalized spacial score (nSPS) is 13.1. The molecule has 2 heterocycles. The van der Waals surface area contributed by atoms with E-state index in [1.165, 1.54) is 22.3 Å². The highest BCUT2D eigenvalue weighted by molar-refractivity contribution is 7.08. The van der Waals surface area contributed by atoms with Crippen LogP contribution in [-0.2, 0) is 6.42 Å². The van der Waals surface area contributed by atoms with E-state index in [-0.39, 0.29) is 0 Å². The summed E-state index contributed by atoms with van der Waals surface area (Å²) in [6.07, 6.45) is 4.75. The molecule has 11 heavy (non-hydrogen) atoms. The molecule has 1 aliphatic rings. The first-order valence-electron chi connectivity index (χ1n) is 3.55. The maximum absolute atomic E-state index is 5.12. The van der Waals surface area contributed by atoms with Crippen molar-refractivity contribution in [3.8, 4) is 11.1 Å². The van der Waals surface area contributed by atoms with Gasteiger partial charge in [-0.1, -0.05) is 0 Å². The van der Waals surface area contributed by atoms with Crippen molar-refractivity contribution < 1.29 is 4.42 Å². The third-order valence-corrected chi connectivity index (χ3v) is 2.95. The fraction of sp³-hybridized carbons (Fsp3) is 0.111. The van der Waals surface area contributed by atoms with Gasteiger partial charge in [-0.3, -0.25) is 0 Å². The van der Waals surface area contributed by atoms with Crippen molar-refractivity contribution in [2.24, 2.45) is 0 Å². The molecule has 54 valence electrons. The van der Waals surface area contributed by atoms with Crippen molar-refractivity contribution in [1.29, 1.82) is 0 Å². The summed E-state index contributed by atoms with van der Waals surface area (Å²) in [4.78, 5) is 0. The average molecular weight is 162 g/mol. The lowest BCUT2D eigenvalue weighted by Crippen LogP contribution is -1.72. The minimum absolute atomic E-state index is 1.06. The molecule has 0 radical (unpaired) electrons. The van der Waals surface area contributed by atoms with Crippen LogP contribution in [0.15, 0.2) is 27.7 Å². The molecule has 0 atom stereocenters. The maximum Gasteiger partial charge on any atom is 0.0984 e. The third-order valence-electron chi connectivity index (χ3n) is 2.16. The highest BCUT2D eigenvalue weighted by Gasteiger charge is 2.20. The van der Waals surface area contributed by atoms with E-state index in [4.69, 9.17) is 4.42 Å². The predicted molar refractivity (Wildman–Crippen MR) is 44.8 cm³/mol. The standard InChI is InChI=1S/C9H6OS/c1-6-2-10-3-8(6)9-5-11-4-7(1)9/h2-5H,1H2. The largest absolute Gasteiger partial charge is 0.472 e. The molecule has 0 aromatic carbocycles. The molecule has 0 spiro atoms. The maximum atomic E-state index is 5.12. The Morgan fingerprint density at radius 1 is 1.09 bits per heavy atom. The van der Waals surface area contributed by atoms with Crippen molar-refractivity contribution in [1.82, 2.24) is 0 Å². The van der Waals surface area contributed by atoms with E-state index in [2.05, 4.69) is 10.8 Å². The van der Waals surface area contributed by atoms with E-state index in [1.54, 1.807) is 11.3 Å². The number of fused-ring (bicyclic) bond motifs is 3. The summed E-state index contributed by atoms with van der Waals surface area (Å²) < 4.78 is 5.12. The number of thiophene rings is 1. The molecule has 1 nitrogen and oxygen atoms in total. The Morgan fingerprint density at radius 2 is 2.09 bits per heavy atom. The summed E-state index contributed by atoms with van der Waals surface area (Å²) in [5, 5.41) is 4.41. The molecule has 2 heteroatoms. The van der Waals surface area contributed by atoms with Crippen LogP contribution >= 0.6 is 11.3 Å². The van der Waals surface area contributed by atoms with Crippen molar-refractivity contribution in [2.45, 2.75) is 6.42 Å². The molecule has 0 saturated carbocycles. The quantitative estimate of drug-likeness (QED) is 0.495. The molecule has 0 bridgehead atoms. The van der Waals surface area contributed by atoms with Crippen LogP contribution in [-0.4, -0.2) is 0 Å². The number of rotatable bonds is 0. The van der Waals surface area contributed by atoms with Crippen LogP contribution in [0.3, 0.4) is 0 Å².